The zero-order chi connectivity index (χ0) is 26.4. The van der Waals surface area contributed by atoms with Crippen LogP contribution in [0.25, 0.3) is 0 Å². The van der Waals surface area contributed by atoms with Gasteiger partial charge in [-0.3, -0.25) is 9.00 Å². The highest BCUT2D eigenvalue weighted by Crippen LogP contribution is 2.41. The molecule has 2 aromatic rings. The lowest BCUT2D eigenvalue weighted by Crippen LogP contribution is -2.32. The van der Waals surface area contributed by atoms with Crippen molar-refractivity contribution in [2.45, 2.75) is 72.8 Å². The Morgan fingerprint density at radius 2 is 1.60 bits per heavy atom. The van der Waals surface area contributed by atoms with E-state index in [1.807, 2.05) is 46.8 Å². The Hall–Kier alpha value is -2.18. The molecule has 2 aromatic carbocycles. The number of rotatable bonds is 11. The van der Waals surface area contributed by atoms with E-state index in [4.69, 9.17) is 4.74 Å². The van der Waals surface area contributed by atoms with Gasteiger partial charge < -0.3 is 15.2 Å². The van der Waals surface area contributed by atoms with E-state index in [1.165, 1.54) is 11.1 Å². The number of aryl methyl sites for hydroxylation is 2. The van der Waals surface area contributed by atoms with Gasteiger partial charge >= 0.3 is 0 Å². The lowest BCUT2D eigenvalue weighted by Gasteiger charge is -2.34. The van der Waals surface area contributed by atoms with Gasteiger partial charge in [0, 0.05) is 40.3 Å². The minimum Gasteiger partial charge on any atom is -0.491 e. The number of nitrogens with one attached hydrogen (secondary N) is 1. The average molecular weight is 502 g/mol. The summed E-state index contributed by atoms with van der Waals surface area (Å²) in [6.45, 7) is 15.1. The van der Waals surface area contributed by atoms with Gasteiger partial charge in [0.1, 0.15) is 12.4 Å². The van der Waals surface area contributed by atoms with Crippen LogP contribution in [-0.2, 0) is 16.2 Å². The highest BCUT2D eigenvalue weighted by Gasteiger charge is 2.32. The molecular weight excluding hydrogens is 458 g/mol. The van der Waals surface area contributed by atoms with Crippen LogP contribution in [0.3, 0.4) is 0 Å². The third-order valence-corrected chi connectivity index (χ3v) is 7.81. The molecule has 0 aromatic heterocycles. The summed E-state index contributed by atoms with van der Waals surface area (Å²) < 4.78 is 17.2. The molecule has 2 rings (SSSR count). The molecule has 194 valence electrons. The van der Waals surface area contributed by atoms with Crippen molar-refractivity contribution in [1.82, 2.24) is 5.32 Å². The van der Waals surface area contributed by atoms with Crippen LogP contribution in [0.4, 0.5) is 0 Å². The average Bonchev–Trinajstić information content (AvgIpc) is 2.78. The summed E-state index contributed by atoms with van der Waals surface area (Å²) in [5.41, 5.74) is 4.59. The van der Waals surface area contributed by atoms with Gasteiger partial charge in [-0.25, -0.2) is 0 Å². The fourth-order valence-corrected chi connectivity index (χ4v) is 4.77. The first-order valence-corrected chi connectivity index (χ1v) is 14.2. The quantitative estimate of drug-likeness (QED) is 0.438. The largest absolute Gasteiger partial charge is 0.491 e. The van der Waals surface area contributed by atoms with E-state index >= 15 is 0 Å². The third-order valence-electron chi connectivity index (χ3n) is 7.03. The number of aliphatic hydroxyl groups is 1. The Kier molecular flexibility index (Phi) is 10.1. The Morgan fingerprint density at radius 1 is 1.03 bits per heavy atom. The molecule has 2 N–H and O–H groups in total. The van der Waals surface area contributed by atoms with Crippen molar-refractivity contribution in [3.8, 4) is 5.75 Å². The summed E-state index contributed by atoms with van der Waals surface area (Å²) in [6, 6.07) is 12.4. The topological polar surface area (TPSA) is 75.6 Å². The lowest BCUT2D eigenvalue weighted by molar-refractivity contribution is 0.0216. The first-order valence-electron chi connectivity index (χ1n) is 12.5. The molecule has 1 amide bonds. The van der Waals surface area contributed by atoms with Crippen molar-refractivity contribution in [2.24, 2.45) is 5.41 Å². The SMILES string of the molecule is CCC(CC)(c1ccc(OCC(O)C(C)(C)C)c(C)c1)c1ccc(C(=O)NCCS(C)=O)c(C)c1. The molecule has 0 spiro atoms. The number of hydrogen-bond acceptors (Lipinski definition) is 4. The molecule has 35 heavy (non-hydrogen) atoms. The number of hydrogen-bond donors (Lipinski definition) is 2. The number of carbonyl (C=O) groups is 1. The lowest BCUT2D eigenvalue weighted by atomic mass is 9.70. The number of aliphatic hydroxyl groups excluding tert-OH is 1. The molecule has 0 aliphatic carbocycles. The number of carbonyl (C=O) groups excluding carboxylic acids is 1. The van der Waals surface area contributed by atoms with E-state index < -0.39 is 16.9 Å². The van der Waals surface area contributed by atoms with Gasteiger partial charge in [-0.05, 0) is 66.5 Å². The van der Waals surface area contributed by atoms with Crippen molar-refractivity contribution in [2.75, 3.05) is 25.2 Å². The van der Waals surface area contributed by atoms with Crippen molar-refractivity contribution in [3.63, 3.8) is 0 Å². The summed E-state index contributed by atoms with van der Waals surface area (Å²) in [4.78, 5) is 12.6. The fraction of sp³-hybridized carbons (Fsp3) is 0.552. The van der Waals surface area contributed by atoms with Crippen molar-refractivity contribution in [3.05, 3.63) is 64.2 Å². The smallest absolute Gasteiger partial charge is 0.251 e. The first-order chi connectivity index (χ1) is 16.4. The van der Waals surface area contributed by atoms with Crippen LogP contribution in [0, 0.1) is 19.3 Å². The van der Waals surface area contributed by atoms with Gasteiger partial charge in [-0.2, -0.15) is 0 Å². The Balaban J connectivity index is 2.31. The molecule has 0 fully saturated rings. The van der Waals surface area contributed by atoms with Crippen LogP contribution in [0.1, 0.15) is 80.1 Å². The molecule has 0 heterocycles. The van der Waals surface area contributed by atoms with Crippen molar-refractivity contribution in [1.29, 1.82) is 0 Å². The maximum atomic E-state index is 12.6. The number of ether oxygens (including phenoxy) is 1. The van der Waals surface area contributed by atoms with Crippen LogP contribution in [0.2, 0.25) is 0 Å². The van der Waals surface area contributed by atoms with Crippen LogP contribution in [0.5, 0.6) is 5.75 Å². The van der Waals surface area contributed by atoms with E-state index in [9.17, 15) is 14.1 Å². The molecule has 0 aliphatic heterocycles. The molecular formula is C29H43NO4S. The predicted molar refractivity (Wildman–Crippen MR) is 146 cm³/mol. The van der Waals surface area contributed by atoms with E-state index in [-0.39, 0.29) is 23.3 Å². The van der Waals surface area contributed by atoms with Gasteiger partial charge in [0.25, 0.3) is 5.91 Å². The monoisotopic (exact) mass is 501 g/mol. The Bertz CT molecular complexity index is 1040. The summed E-state index contributed by atoms with van der Waals surface area (Å²) in [5, 5.41) is 13.2. The van der Waals surface area contributed by atoms with Crippen molar-refractivity contribution < 1.29 is 18.8 Å². The first kappa shape index (κ1) is 29.1. The molecule has 2 unspecified atom stereocenters. The second kappa shape index (κ2) is 12.2. The minimum atomic E-state index is -0.931. The Labute approximate surface area is 214 Å². The van der Waals surface area contributed by atoms with E-state index in [1.54, 1.807) is 6.26 Å². The van der Waals surface area contributed by atoms with Crippen LogP contribution >= 0.6 is 0 Å². The van der Waals surface area contributed by atoms with E-state index in [0.29, 0.717) is 17.9 Å². The normalized spacial score (nSPS) is 13.9. The molecule has 0 bridgehead atoms. The second-order valence-corrected chi connectivity index (χ2v) is 12.1. The van der Waals surface area contributed by atoms with Crippen LogP contribution in [0.15, 0.2) is 36.4 Å². The zero-order valence-corrected chi connectivity index (χ0v) is 23.5. The molecule has 2 atom stereocenters. The predicted octanol–water partition coefficient (Wildman–Crippen LogP) is 5.30. The van der Waals surface area contributed by atoms with Gasteiger partial charge in [-0.1, -0.05) is 58.9 Å². The van der Waals surface area contributed by atoms with Gasteiger partial charge in [0.2, 0.25) is 0 Å². The van der Waals surface area contributed by atoms with Crippen molar-refractivity contribution >= 4 is 16.7 Å². The van der Waals surface area contributed by atoms with Crippen LogP contribution < -0.4 is 10.1 Å². The zero-order valence-electron chi connectivity index (χ0n) is 22.7. The maximum absolute atomic E-state index is 12.6. The summed E-state index contributed by atoms with van der Waals surface area (Å²) in [5.74, 6) is 1.11. The number of benzene rings is 2. The molecule has 0 saturated heterocycles. The standard InChI is InChI=1S/C29H43NO4S/c1-9-29(10-2,22-11-13-24(20(3)17-22)27(32)30-15-16-35(8)33)23-12-14-25(21(4)18-23)34-19-26(31)28(5,6)7/h11-14,17-18,26,31H,9-10,15-16,19H2,1-8H3,(H,30,32). The molecule has 0 saturated carbocycles. The van der Waals surface area contributed by atoms with Gasteiger partial charge in [-0.15, -0.1) is 0 Å². The molecule has 6 heteroatoms. The Morgan fingerprint density at radius 3 is 2.09 bits per heavy atom. The van der Waals surface area contributed by atoms with Gasteiger partial charge in [0.05, 0.1) is 6.10 Å². The molecule has 5 nitrogen and oxygen atoms in total. The van der Waals surface area contributed by atoms with E-state index in [2.05, 4.69) is 43.4 Å². The minimum absolute atomic E-state index is 0.132. The molecule has 0 aliphatic rings. The van der Waals surface area contributed by atoms with Crippen LogP contribution in [-0.4, -0.2) is 46.5 Å². The number of amides is 1. The summed E-state index contributed by atoms with van der Waals surface area (Å²) in [6.07, 6.45) is 2.92. The summed E-state index contributed by atoms with van der Waals surface area (Å²) >= 11 is 0. The maximum Gasteiger partial charge on any atom is 0.251 e. The summed E-state index contributed by atoms with van der Waals surface area (Å²) in [7, 11) is -0.931. The van der Waals surface area contributed by atoms with Gasteiger partial charge in [0.15, 0.2) is 0 Å². The second-order valence-electron chi connectivity index (χ2n) is 10.5. The fourth-order valence-electron chi connectivity index (χ4n) is 4.38. The highest BCUT2D eigenvalue weighted by molar-refractivity contribution is 7.84. The molecule has 0 radical (unpaired) electrons. The van der Waals surface area contributed by atoms with E-state index in [0.717, 1.165) is 29.7 Å². The highest BCUT2D eigenvalue weighted by atomic mass is 32.2. The third kappa shape index (κ3) is 7.17.